The van der Waals surface area contributed by atoms with Crippen molar-refractivity contribution >= 4 is 29.1 Å². The lowest BCUT2D eigenvalue weighted by atomic mass is 10.0. The number of nitrogens with zero attached hydrogens (tertiary/aromatic N) is 2. The molecule has 1 fully saturated rings. The Kier molecular flexibility index (Phi) is 6.06. The topological polar surface area (TPSA) is 67.0 Å². The van der Waals surface area contributed by atoms with Crippen molar-refractivity contribution in [3.63, 3.8) is 0 Å². The lowest BCUT2D eigenvalue weighted by molar-refractivity contribution is -0.118. The molecule has 5 nitrogen and oxygen atoms in total. The molecule has 0 spiro atoms. The SMILES string of the molecule is CCCCc1ccc(CC2S/C(=N\N=C/c3ccco3)NC2=O)cc1. The largest absolute Gasteiger partial charge is 0.463 e. The molecular formula is C19H21N3O2S. The normalized spacial score (nSPS) is 19.0. The highest BCUT2D eigenvalue weighted by atomic mass is 32.2. The van der Waals surface area contributed by atoms with Gasteiger partial charge in [-0.2, -0.15) is 5.10 Å². The van der Waals surface area contributed by atoms with E-state index in [1.807, 2.05) is 0 Å². The quantitative estimate of drug-likeness (QED) is 0.607. The first kappa shape index (κ1) is 17.5. The van der Waals surface area contributed by atoms with Gasteiger partial charge in [-0.25, -0.2) is 0 Å². The minimum Gasteiger partial charge on any atom is -0.463 e. The van der Waals surface area contributed by atoms with Crippen molar-refractivity contribution in [2.75, 3.05) is 0 Å². The van der Waals surface area contributed by atoms with Crippen molar-refractivity contribution in [3.05, 3.63) is 59.5 Å². The smallest absolute Gasteiger partial charge is 0.239 e. The summed E-state index contributed by atoms with van der Waals surface area (Å²) >= 11 is 1.41. The summed E-state index contributed by atoms with van der Waals surface area (Å²) in [7, 11) is 0. The fraction of sp³-hybridized carbons (Fsp3) is 0.316. The lowest BCUT2D eigenvalue weighted by Crippen LogP contribution is -2.25. The maximum atomic E-state index is 12.1. The zero-order chi connectivity index (χ0) is 17.5. The average Bonchev–Trinajstić information content (AvgIpc) is 3.25. The van der Waals surface area contributed by atoms with Gasteiger partial charge in [0.05, 0.1) is 17.7 Å². The van der Waals surface area contributed by atoms with Gasteiger partial charge in [0.15, 0.2) is 5.17 Å². The van der Waals surface area contributed by atoms with Gasteiger partial charge < -0.3 is 9.73 Å². The number of nitrogens with one attached hydrogen (secondary N) is 1. The standard InChI is InChI=1S/C19H21N3O2S/c1-2-3-5-14-7-9-15(10-8-14)12-17-18(23)21-19(25-17)22-20-13-16-6-4-11-24-16/h4,6-11,13,17H,2-3,5,12H2,1H3,(H,21,22,23)/b20-13-. The number of rotatable bonds is 7. The Morgan fingerprint density at radius 3 is 2.76 bits per heavy atom. The predicted molar refractivity (Wildman–Crippen MR) is 102 cm³/mol. The Balaban J connectivity index is 1.55. The van der Waals surface area contributed by atoms with Crippen LogP contribution >= 0.6 is 11.8 Å². The minimum atomic E-state index is -0.168. The summed E-state index contributed by atoms with van der Waals surface area (Å²) in [5.74, 6) is 0.602. The fourth-order valence-corrected chi connectivity index (χ4v) is 3.49. The molecule has 1 saturated heterocycles. The molecule has 25 heavy (non-hydrogen) atoms. The number of thioether (sulfide) groups is 1. The molecule has 0 radical (unpaired) electrons. The number of carbonyl (C=O) groups excluding carboxylic acids is 1. The molecule has 1 aromatic heterocycles. The van der Waals surface area contributed by atoms with E-state index in [2.05, 4.69) is 46.7 Å². The third kappa shape index (κ3) is 5.06. The molecule has 2 aromatic rings. The number of amidine groups is 1. The van der Waals surface area contributed by atoms with Crippen molar-refractivity contribution in [2.24, 2.45) is 10.2 Å². The number of furan rings is 1. The van der Waals surface area contributed by atoms with Crippen LogP contribution in [0.4, 0.5) is 0 Å². The average molecular weight is 355 g/mol. The zero-order valence-electron chi connectivity index (χ0n) is 14.1. The predicted octanol–water partition coefficient (Wildman–Crippen LogP) is 3.79. The van der Waals surface area contributed by atoms with Crippen LogP contribution in [0.25, 0.3) is 0 Å². The number of benzene rings is 1. The Labute approximate surface area is 151 Å². The highest BCUT2D eigenvalue weighted by Gasteiger charge is 2.30. The van der Waals surface area contributed by atoms with E-state index in [4.69, 9.17) is 4.42 Å². The number of unbranched alkanes of at least 4 members (excludes halogenated alkanes) is 1. The van der Waals surface area contributed by atoms with Crippen LogP contribution in [0, 0.1) is 0 Å². The third-order valence-electron chi connectivity index (χ3n) is 3.92. The maximum absolute atomic E-state index is 12.1. The second-order valence-electron chi connectivity index (χ2n) is 5.89. The van der Waals surface area contributed by atoms with Gasteiger partial charge in [0.1, 0.15) is 5.76 Å². The minimum absolute atomic E-state index is 0.0213. The van der Waals surface area contributed by atoms with Gasteiger partial charge in [-0.05, 0) is 42.5 Å². The first-order chi connectivity index (χ1) is 12.2. The Hall–Kier alpha value is -2.34. The molecule has 1 aliphatic rings. The van der Waals surface area contributed by atoms with E-state index in [-0.39, 0.29) is 11.2 Å². The van der Waals surface area contributed by atoms with Crippen LogP contribution in [0.5, 0.6) is 0 Å². The first-order valence-electron chi connectivity index (χ1n) is 8.44. The number of hydrogen-bond acceptors (Lipinski definition) is 5. The summed E-state index contributed by atoms with van der Waals surface area (Å²) in [4.78, 5) is 12.1. The monoisotopic (exact) mass is 355 g/mol. The summed E-state index contributed by atoms with van der Waals surface area (Å²) in [6.45, 7) is 2.20. The summed E-state index contributed by atoms with van der Waals surface area (Å²) in [5.41, 5.74) is 2.51. The second-order valence-corrected chi connectivity index (χ2v) is 7.08. The van der Waals surface area contributed by atoms with Gasteiger partial charge in [-0.1, -0.05) is 49.4 Å². The molecule has 0 bridgehead atoms. The summed E-state index contributed by atoms with van der Waals surface area (Å²) < 4.78 is 5.14. The van der Waals surface area contributed by atoms with Crippen LogP contribution in [0.3, 0.4) is 0 Å². The zero-order valence-corrected chi connectivity index (χ0v) is 15.0. The van der Waals surface area contributed by atoms with Crippen molar-refractivity contribution in [1.29, 1.82) is 0 Å². The molecule has 1 N–H and O–H groups in total. The molecule has 2 heterocycles. The molecule has 1 unspecified atom stereocenters. The summed E-state index contributed by atoms with van der Waals surface area (Å²) in [6.07, 6.45) is 7.29. The molecule has 1 aliphatic heterocycles. The molecule has 1 atom stereocenters. The van der Waals surface area contributed by atoms with Crippen molar-refractivity contribution in [1.82, 2.24) is 5.32 Å². The van der Waals surface area contributed by atoms with E-state index in [0.717, 1.165) is 12.0 Å². The number of aryl methyl sites for hydroxylation is 1. The van der Waals surface area contributed by atoms with Gasteiger partial charge in [0, 0.05) is 0 Å². The van der Waals surface area contributed by atoms with Gasteiger partial charge in [-0.15, -0.1) is 5.10 Å². The molecule has 130 valence electrons. The fourth-order valence-electron chi connectivity index (χ4n) is 2.53. The van der Waals surface area contributed by atoms with E-state index >= 15 is 0 Å². The lowest BCUT2D eigenvalue weighted by Gasteiger charge is -2.06. The molecule has 0 aliphatic carbocycles. The molecule has 3 rings (SSSR count). The third-order valence-corrected chi connectivity index (χ3v) is 4.99. The molecule has 1 amide bonds. The number of carbonyl (C=O) groups is 1. The van der Waals surface area contributed by atoms with Crippen LogP contribution in [0.1, 0.15) is 36.7 Å². The van der Waals surface area contributed by atoms with Gasteiger partial charge in [0.2, 0.25) is 5.91 Å². The van der Waals surface area contributed by atoms with Crippen LogP contribution in [0.2, 0.25) is 0 Å². The first-order valence-corrected chi connectivity index (χ1v) is 9.32. The van der Waals surface area contributed by atoms with Crippen molar-refractivity contribution in [2.45, 2.75) is 37.9 Å². The van der Waals surface area contributed by atoms with E-state index in [0.29, 0.717) is 17.3 Å². The molecule has 1 aromatic carbocycles. The maximum Gasteiger partial charge on any atom is 0.239 e. The van der Waals surface area contributed by atoms with Crippen molar-refractivity contribution in [3.8, 4) is 0 Å². The van der Waals surface area contributed by atoms with Gasteiger partial charge in [-0.3, -0.25) is 4.79 Å². The highest BCUT2D eigenvalue weighted by Crippen LogP contribution is 2.23. The molecule has 6 heteroatoms. The van der Waals surface area contributed by atoms with E-state index in [9.17, 15) is 4.79 Å². The Morgan fingerprint density at radius 2 is 2.04 bits per heavy atom. The van der Waals surface area contributed by atoms with Crippen molar-refractivity contribution < 1.29 is 9.21 Å². The Bertz CT molecular complexity index is 751. The van der Waals surface area contributed by atoms with Crippen LogP contribution in [0.15, 0.2) is 57.3 Å². The van der Waals surface area contributed by atoms with Gasteiger partial charge >= 0.3 is 0 Å². The number of amides is 1. The van der Waals surface area contributed by atoms with Crippen LogP contribution in [-0.2, 0) is 17.6 Å². The summed E-state index contributed by atoms with van der Waals surface area (Å²) in [5, 5.41) is 11.1. The highest BCUT2D eigenvalue weighted by molar-refractivity contribution is 8.15. The molecular weight excluding hydrogens is 334 g/mol. The summed E-state index contributed by atoms with van der Waals surface area (Å²) in [6, 6.07) is 12.1. The van der Waals surface area contributed by atoms with E-state index in [1.165, 1.54) is 36.4 Å². The second kappa shape index (κ2) is 8.67. The molecule has 0 saturated carbocycles. The van der Waals surface area contributed by atoms with Crippen LogP contribution in [-0.4, -0.2) is 22.5 Å². The van der Waals surface area contributed by atoms with Gasteiger partial charge in [0.25, 0.3) is 0 Å². The van der Waals surface area contributed by atoms with Crippen LogP contribution < -0.4 is 5.32 Å². The number of hydrogen-bond donors (Lipinski definition) is 1. The van der Waals surface area contributed by atoms with E-state index < -0.39 is 0 Å². The Morgan fingerprint density at radius 1 is 1.24 bits per heavy atom. The van der Waals surface area contributed by atoms with E-state index in [1.54, 1.807) is 18.4 Å².